The first-order valence-electron chi connectivity index (χ1n) is 7.29. The zero-order chi connectivity index (χ0) is 15.4. The van der Waals surface area contributed by atoms with Gasteiger partial charge < -0.3 is 4.90 Å². The zero-order valence-electron chi connectivity index (χ0n) is 12.0. The summed E-state index contributed by atoms with van der Waals surface area (Å²) >= 11 is 5.90. The van der Waals surface area contributed by atoms with E-state index in [1.165, 1.54) is 18.2 Å². The molecular weight excluding hydrogens is 292 g/mol. The van der Waals surface area contributed by atoms with Crippen LogP contribution in [0.3, 0.4) is 0 Å². The quantitative estimate of drug-likeness (QED) is 0.625. The first kappa shape index (κ1) is 15.8. The van der Waals surface area contributed by atoms with Crippen molar-refractivity contribution in [2.75, 3.05) is 6.54 Å². The van der Waals surface area contributed by atoms with Gasteiger partial charge in [0.15, 0.2) is 0 Å². The van der Waals surface area contributed by atoms with Crippen molar-refractivity contribution in [3.8, 4) is 0 Å². The summed E-state index contributed by atoms with van der Waals surface area (Å²) in [5.41, 5.74) is 0.252. The molecule has 1 aliphatic heterocycles. The van der Waals surface area contributed by atoms with Gasteiger partial charge in [0, 0.05) is 24.2 Å². The Morgan fingerprint density at radius 2 is 2.19 bits per heavy atom. The van der Waals surface area contributed by atoms with Crippen LogP contribution in [-0.4, -0.2) is 28.3 Å². The van der Waals surface area contributed by atoms with Gasteiger partial charge in [0.25, 0.3) is 11.6 Å². The van der Waals surface area contributed by atoms with E-state index in [4.69, 9.17) is 11.6 Å². The van der Waals surface area contributed by atoms with Crippen LogP contribution in [-0.2, 0) is 0 Å². The third-order valence-electron chi connectivity index (χ3n) is 4.00. The molecule has 1 saturated heterocycles. The Labute approximate surface area is 129 Å². The molecule has 1 amide bonds. The number of rotatable bonds is 3. The zero-order valence-corrected chi connectivity index (χ0v) is 12.8. The molecule has 21 heavy (non-hydrogen) atoms. The van der Waals surface area contributed by atoms with Crippen LogP contribution in [0.15, 0.2) is 18.2 Å². The second-order valence-electron chi connectivity index (χ2n) is 5.33. The molecule has 1 aliphatic rings. The van der Waals surface area contributed by atoms with Gasteiger partial charge in [-0.2, -0.15) is 0 Å². The molecule has 0 spiro atoms. The van der Waals surface area contributed by atoms with Crippen molar-refractivity contribution in [2.24, 2.45) is 0 Å². The van der Waals surface area contributed by atoms with Crippen LogP contribution in [0, 0.1) is 10.1 Å². The van der Waals surface area contributed by atoms with Crippen LogP contribution < -0.4 is 0 Å². The second-order valence-corrected chi connectivity index (χ2v) is 5.74. The minimum absolute atomic E-state index is 0.00807. The predicted octanol–water partition coefficient (Wildman–Crippen LogP) is 4.04. The van der Waals surface area contributed by atoms with E-state index in [0.717, 1.165) is 38.6 Å². The van der Waals surface area contributed by atoms with E-state index in [2.05, 4.69) is 6.92 Å². The molecule has 1 heterocycles. The molecule has 0 aliphatic carbocycles. The highest BCUT2D eigenvalue weighted by molar-refractivity contribution is 6.33. The summed E-state index contributed by atoms with van der Waals surface area (Å²) in [5, 5.41) is 10.8. The van der Waals surface area contributed by atoms with Gasteiger partial charge in [-0.25, -0.2) is 0 Å². The minimum Gasteiger partial charge on any atom is -0.336 e. The van der Waals surface area contributed by atoms with Gasteiger partial charge in [-0.05, 0) is 31.4 Å². The minimum atomic E-state index is -0.544. The SMILES string of the molecule is CCC1CCCCCN1C(=O)c1ccc([N+](=O)[O-])c(Cl)c1. The third kappa shape index (κ3) is 3.53. The van der Waals surface area contributed by atoms with Crippen molar-refractivity contribution in [3.63, 3.8) is 0 Å². The van der Waals surface area contributed by atoms with E-state index in [1.807, 2.05) is 4.90 Å². The summed E-state index contributed by atoms with van der Waals surface area (Å²) < 4.78 is 0. The first-order valence-corrected chi connectivity index (χ1v) is 7.67. The van der Waals surface area contributed by atoms with Crippen molar-refractivity contribution in [1.82, 2.24) is 4.90 Å². The number of nitro benzene ring substituents is 1. The van der Waals surface area contributed by atoms with E-state index in [1.54, 1.807) is 0 Å². The van der Waals surface area contributed by atoms with Crippen molar-refractivity contribution >= 4 is 23.2 Å². The van der Waals surface area contributed by atoms with Crippen molar-refractivity contribution in [3.05, 3.63) is 38.9 Å². The second kappa shape index (κ2) is 6.89. The van der Waals surface area contributed by atoms with Crippen LogP contribution in [0.1, 0.15) is 49.4 Å². The van der Waals surface area contributed by atoms with Crippen LogP contribution in [0.2, 0.25) is 5.02 Å². The number of nitro groups is 1. The Balaban J connectivity index is 2.25. The van der Waals surface area contributed by atoms with Gasteiger partial charge in [0.1, 0.15) is 5.02 Å². The number of carbonyl (C=O) groups excluding carboxylic acids is 1. The predicted molar refractivity (Wildman–Crippen MR) is 81.7 cm³/mol. The molecule has 6 heteroatoms. The molecule has 0 aromatic heterocycles. The lowest BCUT2D eigenvalue weighted by Gasteiger charge is -2.29. The van der Waals surface area contributed by atoms with Gasteiger partial charge in [-0.1, -0.05) is 31.4 Å². The average molecular weight is 311 g/mol. The van der Waals surface area contributed by atoms with Crippen molar-refractivity contribution < 1.29 is 9.72 Å². The van der Waals surface area contributed by atoms with E-state index in [-0.39, 0.29) is 22.7 Å². The molecule has 1 atom stereocenters. The first-order chi connectivity index (χ1) is 10.0. The molecule has 114 valence electrons. The molecule has 1 aromatic carbocycles. The summed E-state index contributed by atoms with van der Waals surface area (Å²) in [6.45, 7) is 2.82. The number of halogens is 1. The monoisotopic (exact) mass is 310 g/mol. The van der Waals surface area contributed by atoms with Gasteiger partial charge >= 0.3 is 0 Å². The molecule has 0 N–H and O–H groups in total. The number of nitrogens with zero attached hydrogens (tertiary/aromatic N) is 2. The number of amides is 1. The van der Waals surface area contributed by atoms with Crippen molar-refractivity contribution in [1.29, 1.82) is 0 Å². The Bertz CT molecular complexity index is 548. The number of likely N-dealkylation sites (tertiary alicyclic amines) is 1. The number of hydrogen-bond acceptors (Lipinski definition) is 3. The molecular formula is C15H19ClN2O3. The fraction of sp³-hybridized carbons (Fsp3) is 0.533. The van der Waals surface area contributed by atoms with Gasteiger partial charge in [-0.3, -0.25) is 14.9 Å². The highest BCUT2D eigenvalue weighted by atomic mass is 35.5. The van der Waals surface area contributed by atoms with E-state index in [0.29, 0.717) is 5.56 Å². The molecule has 0 saturated carbocycles. The third-order valence-corrected chi connectivity index (χ3v) is 4.30. The summed E-state index contributed by atoms with van der Waals surface area (Å²) in [5.74, 6) is -0.0828. The van der Waals surface area contributed by atoms with Crippen LogP contribution >= 0.6 is 11.6 Å². The van der Waals surface area contributed by atoms with Gasteiger partial charge in [0.2, 0.25) is 0 Å². The lowest BCUT2D eigenvalue weighted by atomic mass is 10.1. The van der Waals surface area contributed by atoms with Crippen LogP contribution in [0.4, 0.5) is 5.69 Å². The molecule has 0 bridgehead atoms. The largest absolute Gasteiger partial charge is 0.336 e. The van der Waals surface area contributed by atoms with E-state index < -0.39 is 4.92 Å². The summed E-state index contributed by atoms with van der Waals surface area (Å²) in [4.78, 5) is 24.8. The fourth-order valence-electron chi connectivity index (χ4n) is 2.82. The van der Waals surface area contributed by atoms with Gasteiger partial charge in [-0.15, -0.1) is 0 Å². The Morgan fingerprint density at radius 3 is 2.81 bits per heavy atom. The molecule has 0 radical (unpaired) electrons. The number of hydrogen-bond donors (Lipinski definition) is 0. The van der Waals surface area contributed by atoms with Crippen LogP contribution in [0.25, 0.3) is 0 Å². The summed E-state index contributed by atoms with van der Waals surface area (Å²) in [6, 6.07) is 4.44. The number of carbonyl (C=O) groups is 1. The molecule has 2 rings (SSSR count). The molecule has 1 fully saturated rings. The van der Waals surface area contributed by atoms with Gasteiger partial charge in [0.05, 0.1) is 4.92 Å². The lowest BCUT2D eigenvalue weighted by molar-refractivity contribution is -0.384. The van der Waals surface area contributed by atoms with E-state index in [9.17, 15) is 14.9 Å². The Hall–Kier alpha value is -1.62. The highest BCUT2D eigenvalue weighted by Crippen LogP contribution is 2.27. The fourth-order valence-corrected chi connectivity index (χ4v) is 3.07. The Morgan fingerprint density at radius 1 is 1.43 bits per heavy atom. The maximum absolute atomic E-state index is 12.7. The summed E-state index contributed by atoms with van der Waals surface area (Å²) in [6.07, 6.45) is 5.23. The maximum atomic E-state index is 12.7. The average Bonchev–Trinajstić information content (AvgIpc) is 2.71. The Kier molecular flexibility index (Phi) is 5.17. The van der Waals surface area contributed by atoms with Crippen LogP contribution in [0.5, 0.6) is 0 Å². The normalized spacial score (nSPS) is 19.1. The standard InChI is InChI=1S/C15H19ClN2O3/c1-2-12-6-4-3-5-9-17(12)15(19)11-7-8-14(18(20)21)13(16)10-11/h7-8,10,12H,2-6,9H2,1H3. The maximum Gasteiger partial charge on any atom is 0.287 e. The molecule has 1 aromatic rings. The highest BCUT2D eigenvalue weighted by Gasteiger charge is 2.26. The molecule has 1 unspecified atom stereocenters. The topological polar surface area (TPSA) is 63.5 Å². The number of benzene rings is 1. The van der Waals surface area contributed by atoms with E-state index >= 15 is 0 Å². The van der Waals surface area contributed by atoms with Crippen molar-refractivity contribution in [2.45, 2.75) is 45.1 Å². The smallest absolute Gasteiger partial charge is 0.287 e. The summed E-state index contributed by atoms with van der Waals surface area (Å²) in [7, 11) is 0. The molecule has 5 nitrogen and oxygen atoms in total. The lowest BCUT2D eigenvalue weighted by Crippen LogP contribution is -2.39.